The molecule has 0 fully saturated rings. The van der Waals surface area contributed by atoms with Crippen LogP contribution in [0.15, 0.2) is 77.4 Å². The molecule has 3 rings (SSSR count). The van der Waals surface area contributed by atoms with E-state index in [1.807, 2.05) is 0 Å². The zero-order chi connectivity index (χ0) is 19.6. The van der Waals surface area contributed by atoms with Crippen LogP contribution in [0.3, 0.4) is 0 Å². The first kappa shape index (κ1) is 18.0. The molecule has 0 saturated heterocycles. The molecular formula is C16H9N5O5S. The highest BCUT2D eigenvalue weighted by atomic mass is 32.2. The molecule has 0 atom stereocenters. The maximum absolute atomic E-state index is 12.4. The number of rotatable bonds is 4. The van der Waals surface area contributed by atoms with Gasteiger partial charge in [-0.3, -0.25) is 19.8 Å². The summed E-state index contributed by atoms with van der Waals surface area (Å²) in [4.78, 5) is 38.6. The summed E-state index contributed by atoms with van der Waals surface area (Å²) in [7, 11) is -4.13. The molecule has 3 aromatic carbocycles. The maximum atomic E-state index is 12.4. The van der Waals surface area contributed by atoms with Gasteiger partial charge in [0, 0.05) is 20.2 Å². The van der Waals surface area contributed by atoms with Crippen LogP contribution in [0.2, 0.25) is 0 Å². The fourth-order valence-electron chi connectivity index (χ4n) is 2.36. The van der Waals surface area contributed by atoms with E-state index in [1.54, 1.807) is 12.1 Å². The van der Waals surface area contributed by atoms with Crippen molar-refractivity contribution in [3.63, 3.8) is 0 Å². The molecule has 11 heteroatoms. The minimum absolute atomic E-state index is 0.0269. The second kappa shape index (κ2) is 6.83. The molecule has 134 valence electrons. The Balaban J connectivity index is 2.05. The van der Waals surface area contributed by atoms with Gasteiger partial charge in [0.1, 0.15) is 0 Å². The Labute approximate surface area is 150 Å². The molecule has 1 N–H and O–H groups in total. The second-order valence-electron chi connectivity index (χ2n) is 5.28. The van der Waals surface area contributed by atoms with E-state index in [9.17, 15) is 22.8 Å². The molecule has 0 spiro atoms. The molecule has 0 radical (unpaired) electrons. The van der Waals surface area contributed by atoms with Crippen LogP contribution >= 0.6 is 0 Å². The van der Waals surface area contributed by atoms with Gasteiger partial charge in [0.15, 0.2) is 5.36 Å². The van der Waals surface area contributed by atoms with Gasteiger partial charge < -0.3 is 0 Å². The Morgan fingerprint density at radius 3 is 2.04 bits per heavy atom. The number of nitrogens with zero attached hydrogens (tertiary/aromatic N) is 4. The lowest BCUT2D eigenvalue weighted by molar-refractivity contribution is 0.597. The van der Waals surface area contributed by atoms with Crippen molar-refractivity contribution in [2.24, 2.45) is 9.62 Å². The summed E-state index contributed by atoms with van der Waals surface area (Å²) in [6, 6.07) is 10.8. The summed E-state index contributed by atoms with van der Waals surface area (Å²) in [5.74, 6) is 0. The Hall–Kier alpha value is -3.82. The van der Waals surface area contributed by atoms with Gasteiger partial charge in [0.25, 0.3) is 15.5 Å². The predicted molar refractivity (Wildman–Crippen MR) is 97.1 cm³/mol. The highest BCUT2D eigenvalue weighted by molar-refractivity contribution is 7.90. The third-order valence-electron chi connectivity index (χ3n) is 3.65. The summed E-state index contributed by atoms with van der Waals surface area (Å²) in [5, 5.41) is 3.25. The van der Waals surface area contributed by atoms with Crippen LogP contribution < -0.4 is 27.1 Å². The SMILES string of the molecule is [N-]=[N+]=NS(=O)(=O)c1ccc(N/N=c2\c(=O)c(=O)c3ccccc3c2=O)cc1. The third-order valence-corrected chi connectivity index (χ3v) is 4.80. The molecule has 0 aliphatic heterocycles. The number of nitrogens with one attached hydrogen (secondary N) is 1. The largest absolute Gasteiger partial charge is 0.287 e. The lowest BCUT2D eigenvalue weighted by atomic mass is 10.1. The van der Waals surface area contributed by atoms with Crippen LogP contribution in [0.4, 0.5) is 5.69 Å². The summed E-state index contributed by atoms with van der Waals surface area (Å²) >= 11 is 0. The quantitative estimate of drug-likeness (QED) is 0.230. The Bertz CT molecular complexity index is 1420. The van der Waals surface area contributed by atoms with Gasteiger partial charge in [-0.1, -0.05) is 24.3 Å². The number of hydrogen-bond donors (Lipinski definition) is 1. The number of sulfonamides is 1. The van der Waals surface area contributed by atoms with Gasteiger partial charge in [-0.25, -0.2) is 8.42 Å². The number of anilines is 1. The van der Waals surface area contributed by atoms with E-state index in [0.29, 0.717) is 0 Å². The molecule has 0 aliphatic rings. The highest BCUT2D eigenvalue weighted by Crippen LogP contribution is 2.16. The second-order valence-corrected chi connectivity index (χ2v) is 6.86. The van der Waals surface area contributed by atoms with Gasteiger partial charge >= 0.3 is 0 Å². The standard InChI is InChI=1S/C16H9N5O5S/c17-20-21-27(25,26)10-7-5-9(6-8-10)18-19-13-14(22)11-3-1-2-4-12(11)15(23)16(13)24/h1-8,18H/b19-13-. The molecule has 3 aromatic rings. The first-order valence-electron chi connectivity index (χ1n) is 7.33. The lowest BCUT2D eigenvalue weighted by Crippen LogP contribution is -2.48. The van der Waals surface area contributed by atoms with Crippen LogP contribution in [-0.2, 0) is 10.0 Å². The fraction of sp³-hybridized carbons (Fsp3) is 0. The molecule has 0 unspecified atom stereocenters. The molecule has 0 heterocycles. The average molecular weight is 383 g/mol. The number of fused-ring (bicyclic) bond motifs is 1. The van der Waals surface area contributed by atoms with Crippen molar-refractivity contribution in [1.82, 2.24) is 0 Å². The number of benzene rings is 3. The van der Waals surface area contributed by atoms with Crippen molar-refractivity contribution in [3.8, 4) is 0 Å². The lowest BCUT2D eigenvalue weighted by Gasteiger charge is -2.01. The summed E-state index contributed by atoms with van der Waals surface area (Å²) in [5.41, 5.74) is 8.37. The predicted octanol–water partition coefficient (Wildman–Crippen LogP) is 0.723. The molecule has 0 aliphatic carbocycles. The monoisotopic (exact) mass is 383 g/mol. The van der Waals surface area contributed by atoms with Crippen molar-refractivity contribution < 1.29 is 8.42 Å². The van der Waals surface area contributed by atoms with E-state index in [2.05, 4.69) is 20.0 Å². The number of hydrogen-bond acceptors (Lipinski definition) is 7. The van der Waals surface area contributed by atoms with Gasteiger partial charge in [0.05, 0.1) is 10.6 Å². The summed E-state index contributed by atoms with van der Waals surface area (Å²) in [6.45, 7) is 0. The van der Waals surface area contributed by atoms with Crippen molar-refractivity contribution in [3.05, 3.63) is 95.0 Å². The molecule has 0 bridgehead atoms. The molecule has 10 nitrogen and oxygen atoms in total. The van der Waals surface area contributed by atoms with Crippen molar-refractivity contribution in [2.45, 2.75) is 4.90 Å². The van der Waals surface area contributed by atoms with Crippen molar-refractivity contribution in [2.75, 3.05) is 5.43 Å². The summed E-state index contributed by atoms with van der Waals surface area (Å²) in [6.07, 6.45) is 0. The van der Waals surface area contributed by atoms with Gasteiger partial charge in [0.2, 0.25) is 10.9 Å². The van der Waals surface area contributed by atoms with Crippen LogP contribution in [0.5, 0.6) is 0 Å². The van der Waals surface area contributed by atoms with E-state index in [0.717, 1.165) is 12.1 Å². The molecule has 0 amide bonds. The number of azide groups is 1. The fourth-order valence-corrected chi connectivity index (χ4v) is 3.03. The highest BCUT2D eigenvalue weighted by Gasteiger charge is 2.12. The van der Waals surface area contributed by atoms with Crippen molar-refractivity contribution >= 4 is 26.5 Å². The smallest absolute Gasteiger partial charge is 0.264 e. The zero-order valence-electron chi connectivity index (χ0n) is 13.4. The third kappa shape index (κ3) is 3.32. The van der Waals surface area contributed by atoms with E-state index in [4.69, 9.17) is 5.53 Å². The Morgan fingerprint density at radius 2 is 1.44 bits per heavy atom. The van der Waals surface area contributed by atoms with E-state index in [1.165, 1.54) is 24.3 Å². The minimum Gasteiger partial charge on any atom is -0.287 e. The normalized spacial score (nSPS) is 11.9. The van der Waals surface area contributed by atoms with Crippen LogP contribution in [0.1, 0.15) is 0 Å². The van der Waals surface area contributed by atoms with Gasteiger partial charge in [-0.2, -0.15) is 5.10 Å². The van der Waals surface area contributed by atoms with Crippen LogP contribution in [0, 0.1) is 0 Å². The Morgan fingerprint density at radius 1 is 0.852 bits per heavy atom. The summed E-state index contributed by atoms with van der Waals surface area (Å²) < 4.78 is 25.9. The molecular weight excluding hydrogens is 374 g/mol. The molecule has 0 saturated carbocycles. The average Bonchev–Trinajstić information content (AvgIpc) is 2.66. The van der Waals surface area contributed by atoms with E-state index >= 15 is 0 Å². The first-order valence-corrected chi connectivity index (χ1v) is 8.77. The van der Waals surface area contributed by atoms with E-state index in [-0.39, 0.29) is 21.4 Å². The first-order chi connectivity index (χ1) is 12.8. The van der Waals surface area contributed by atoms with Crippen LogP contribution in [-0.4, -0.2) is 8.42 Å². The maximum Gasteiger partial charge on any atom is 0.264 e. The van der Waals surface area contributed by atoms with Gasteiger partial charge in [-0.15, -0.1) is 0 Å². The van der Waals surface area contributed by atoms with Crippen LogP contribution in [0.25, 0.3) is 21.2 Å². The van der Waals surface area contributed by atoms with Gasteiger partial charge in [-0.05, 0) is 29.8 Å². The molecule has 0 aromatic heterocycles. The minimum atomic E-state index is -4.13. The zero-order valence-corrected chi connectivity index (χ0v) is 14.2. The van der Waals surface area contributed by atoms with E-state index < -0.39 is 31.7 Å². The topological polar surface area (TPSA) is 158 Å². The molecule has 27 heavy (non-hydrogen) atoms. The Kier molecular flexibility index (Phi) is 4.55. The van der Waals surface area contributed by atoms with Crippen molar-refractivity contribution in [1.29, 1.82) is 0 Å².